The van der Waals surface area contributed by atoms with E-state index in [0.29, 0.717) is 22.8 Å². The lowest BCUT2D eigenvalue weighted by Crippen LogP contribution is -2.30. The zero-order valence-electron chi connectivity index (χ0n) is 17.1. The molecule has 1 saturated heterocycles. The fourth-order valence-electron chi connectivity index (χ4n) is 3.72. The minimum Gasteiger partial charge on any atom is -0.342 e. The third-order valence-electron chi connectivity index (χ3n) is 5.50. The number of likely N-dealkylation sites (tertiary alicyclic amines) is 1. The molecule has 7 heteroatoms. The quantitative estimate of drug-likeness (QED) is 0.693. The molecule has 0 aliphatic carbocycles. The Morgan fingerprint density at radius 1 is 1.28 bits per heavy atom. The molecule has 1 aliphatic heterocycles. The number of hydrogen-bond acceptors (Lipinski definition) is 5. The maximum atomic E-state index is 12.8. The van der Waals surface area contributed by atoms with Gasteiger partial charge in [0.05, 0.1) is 17.6 Å². The Labute approximate surface area is 169 Å². The van der Waals surface area contributed by atoms with Crippen LogP contribution in [0.4, 0.5) is 0 Å². The smallest absolute Gasteiger partial charge is 0.258 e. The number of imidazole rings is 1. The van der Waals surface area contributed by atoms with Crippen molar-refractivity contribution in [2.24, 2.45) is 0 Å². The Balaban J connectivity index is 1.63. The van der Waals surface area contributed by atoms with Crippen molar-refractivity contribution in [1.82, 2.24) is 29.2 Å². The van der Waals surface area contributed by atoms with Crippen LogP contribution in [0, 0.1) is 6.92 Å². The molecule has 0 spiro atoms. The van der Waals surface area contributed by atoms with Crippen LogP contribution in [0.2, 0.25) is 0 Å². The lowest BCUT2D eigenvalue weighted by molar-refractivity contribution is 0.253. The van der Waals surface area contributed by atoms with Gasteiger partial charge in [0.15, 0.2) is 5.65 Å². The molecule has 0 unspecified atom stereocenters. The Hall–Kier alpha value is -3.06. The van der Waals surface area contributed by atoms with E-state index in [4.69, 9.17) is 0 Å². The highest BCUT2D eigenvalue weighted by Gasteiger charge is 2.20. The fraction of sp³-hybridized carbons (Fsp3) is 0.364. The number of aromatic nitrogens is 5. The van der Waals surface area contributed by atoms with Crippen LogP contribution in [0.25, 0.3) is 16.8 Å². The van der Waals surface area contributed by atoms with E-state index in [1.807, 2.05) is 26.1 Å². The van der Waals surface area contributed by atoms with Gasteiger partial charge >= 0.3 is 0 Å². The highest BCUT2D eigenvalue weighted by atomic mass is 16.1. The maximum Gasteiger partial charge on any atom is 0.258 e. The minimum absolute atomic E-state index is 0.123. The highest BCUT2D eigenvalue weighted by Crippen LogP contribution is 2.26. The van der Waals surface area contributed by atoms with Crippen LogP contribution >= 0.6 is 0 Å². The Morgan fingerprint density at radius 2 is 2.03 bits per heavy atom. The van der Waals surface area contributed by atoms with Crippen molar-refractivity contribution in [3.05, 3.63) is 70.6 Å². The lowest BCUT2D eigenvalue weighted by atomic mass is 9.94. The summed E-state index contributed by atoms with van der Waals surface area (Å²) in [6.45, 7) is 10.1. The van der Waals surface area contributed by atoms with Gasteiger partial charge in [0, 0.05) is 30.1 Å². The van der Waals surface area contributed by atoms with Crippen molar-refractivity contribution in [3.63, 3.8) is 0 Å². The molecule has 1 fully saturated rings. The van der Waals surface area contributed by atoms with Crippen molar-refractivity contribution in [1.29, 1.82) is 0 Å². The SMILES string of the molecule is C=C(/C=C(/C)c1ncc(C)[nH]1)c1cc(=O)n2cc(C3CCN(C)CC3)ncc2n1. The summed E-state index contributed by atoms with van der Waals surface area (Å²) in [7, 11) is 2.13. The summed E-state index contributed by atoms with van der Waals surface area (Å²) in [6.07, 6.45) is 9.32. The van der Waals surface area contributed by atoms with Crippen LogP contribution in [0.3, 0.4) is 0 Å². The first-order valence-electron chi connectivity index (χ1n) is 9.88. The van der Waals surface area contributed by atoms with Gasteiger partial charge in [0.1, 0.15) is 5.82 Å². The number of piperidine rings is 1. The molecule has 1 N–H and O–H groups in total. The molecule has 4 heterocycles. The topological polar surface area (TPSA) is 79.2 Å². The van der Waals surface area contributed by atoms with Gasteiger partial charge in [-0.2, -0.15) is 0 Å². The van der Waals surface area contributed by atoms with Gasteiger partial charge in [-0.05, 0) is 64.0 Å². The summed E-state index contributed by atoms with van der Waals surface area (Å²) in [6, 6.07) is 1.53. The summed E-state index contributed by atoms with van der Waals surface area (Å²) in [5.74, 6) is 1.17. The predicted molar refractivity (Wildman–Crippen MR) is 115 cm³/mol. The molecule has 150 valence electrons. The second kappa shape index (κ2) is 7.75. The van der Waals surface area contributed by atoms with E-state index in [2.05, 4.69) is 38.5 Å². The summed E-state index contributed by atoms with van der Waals surface area (Å²) < 4.78 is 1.59. The van der Waals surface area contributed by atoms with Gasteiger partial charge in [0.25, 0.3) is 5.56 Å². The number of aryl methyl sites for hydroxylation is 1. The second-order valence-corrected chi connectivity index (χ2v) is 7.86. The van der Waals surface area contributed by atoms with Gasteiger partial charge < -0.3 is 9.88 Å². The zero-order chi connectivity index (χ0) is 20.5. The molecule has 0 bridgehead atoms. The molecule has 0 aromatic carbocycles. The van der Waals surface area contributed by atoms with Gasteiger partial charge in [-0.1, -0.05) is 6.58 Å². The monoisotopic (exact) mass is 390 g/mol. The molecule has 0 saturated carbocycles. The molecule has 0 atom stereocenters. The van der Waals surface area contributed by atoms with Crippen LogP contribution in [-0.2, 0) is 0 Å². The van der Waals surface area contributed by atoms with E-state index >= 15 is 0 Å². The van der Waals surface area contributed by atoms with Gasteiger partial charge in [0.2, 0.25) is 0 Å². The molecule has 7 nitrogen and oxygen atoms in total. The van der Waals surface area contributed by atoms with Gasteiger partial charge in [-0.3, -0.25) is 14.2 Å². The number of H-pyrrole nitrogens is 1. The molecule has 0 amide bonds. The molecule has 29 heavy (non-hydrogen) atoms. The number of aromatic amines is 1. The first-order chi connectivity index (χ1) is 13.9. The molecular weight excluding hydrogens is 364 g/mol. The number of allylic oxidation sites excluding steroid dienone is 3. The third kappa shape index (κ3) is 4.05. The van der Waals surface area contributed by atoms with E-state index in [0.717, 1.165) is 48.7 Å². The molecule has 1 aliphatic rings. The predicted octanol–water partition coefficient (Wildman–Crippen LogP) is 3.05. The van der Waals surface area contributed by atoms with Crippen molar-refractivity contribution < 1.29 is 0 Å². The van der Waals surface area contributed by atoms with Crippen LogP contribution in [-0.4, -0.2) is 49.4 Å². The average Bonchev–Trinajstić information content (AvgIpc) is 3.15. The Morgan fingerprint density at radius 3 is 2.72 bits per heavy atom. The van der Waals surface area contributed by atoms with E-state index in [1.165, 1.54) is 6.07 Å². The molecule has 0 radical (unpaired) electrons. The zero-order valence-corrected chi connectivity index (χ0v) is 17.1. The summed E-state index contributed by atoms with van der Waals surface area (Å²) in [5.41, 5.74) is 4.51. The lowest BCUT2D eigenvalue weighted by Gasteiger charge is -2.28. The highest BCUT2D eigenvalue weighted by molar-refractivity contribution is 5.79. The summed E-state index contributed by atoms with van der Waals surface area (Å²) in [4.78, 5) is 31.8. The number of fused-ring (bicyclic) bond motifs is 1. The van der Waals surface area contributed by atoms with E-state index in [9.17, 15) is 4.79 Å². The maximum absolute atomic E-state index is 12.8. The summed E-state index contributed by atoms with van der Waals surface area (Å²) >= 11 is 0. The van der Waals surface area contributed by atoms with E-state index in [-0.39, 0.29) is 5.56 Å². The Kier molecular flexibility index (Phi) is 5.15. The van der Waals surface area contributed by atoms with Crippen LogP contribution in [0.1, 0.15) is 48.6 Å². The first-order valence-corrected chi connectivity index (χ1v) is 9.88. The van der Waals surface area contributed by atoms with Crippen molar-refractivity contribution >= 4 is 16.8 Å². The minimum atomic E-state index is -0.123. The summed E-state index contributed by atoms with van der Waals surface area (Å²) in [5, 5.41) is 0. The van der Waals surface area contributed by atoms with Crippen LogP contribution < -0.4 is 5.56 Å². The number of nitrogens with one attached hydrogen (secondary N) is 1. The number of rotatable bonds is 4. The van der Waals surface area contributed by atoms with Crippen molar-refractivity contribution in [3.8, 4) is 0 Å². The largest absolute Gasteiger partial charge is 0.342 e. The van der Waals surface area contributed by atoms with Crippen molar-refractivity contribution in [2.45, 2.75) is 32.6 Å². The number of nitrogens with zero attached hydrogens (tertiary/aromatic N) is 5. The second-order valence-electron chi connectivity index (χ2n) is 7.86. The Bertz CT molecular complexity index is 1150. The van der Waals surface area contributed by atoms with Crippen molar-refractivity contribution in [2.75, 3.05) is 20.1 Å². The molecule has 3 aromatic heterocycles. The van der Waals surface area contributed by atoms with Gasteiger partial charge in [-0.25, -0.2) is 9.97 Å². The van der Waals surface area contributed by atoms with Crippen LogP contribution in [0.15, 0.2) is 42.1 Å². The average molecular weight is 390 g/mol. The fourth-order valence-corrected chi connectivity index (χ4v) is 3.72. The molecule has 3 aromatic rings. The standard InChI is InChI=1S/C22H26N6O/c1-14(9-15(2)22-24-11-16(3)25-22)18-10-21(29)28-13-19(23-12-20(28)26-18)17-5-7-27(4)8-6-17/h9-13,17H,1,5-8H2,2-4H3,(H,24,25)/b15-9-. The number of hydrogen-bond donors (Lipinski definition) is 1. The first kappa shape index (κ1) is 19.3. The normalized spacial score (nSPS) is 16.4. The van der Waals surface area contributed by atoms with Crippen LogP contribution in [0.5, 0.6) is 0 Å². The third-order valence-corrected chi connectivity index (χ3v) is 5.50. The van der Waals surface area contributed by atoms with E-state index < -0.39 is 0 Å². The molecular formula is C22H26N6O. The van der Waals surface area contributed by atoms with E-state index in [1.54, 1.807) is 16.8 Å². The molecule has 4 rings (SSSR count). The van der Waals surface area contributed by atoms with Gasteiger partial charge in [-0.15, -0.1) is 0 Å².